The average molecular weight is 340 g/mol. The normalized spacial score (nSPS) is 16.7. The first kappa shape index (κ1) is 17.4. The van der Waals surface area contributed by atoms with Crippen LogP contribution < -0.4 is 4.72 Å². The summed E-state index contributed by atoms with van der Waals surface area (Å²) in [6.07, 6.45) is 0.788. The number of nitrogens with zero attached hydrogens (tertiary/aromatic N) is 1. The number of carbonyl (C=O) groups is 2. The Morgan fingerprint density at radius 2 is 1.91 bits per heavy atom. The van der Waals surface area contributed by atoms with E-state index in [0.29, 0.717) is 12.0 Å². The predicted octanol–water partition coefficient (Wildman–Crippen LogP) is 0.684. The molecule has 1 heterocycles. The van der Waals surface area contributed by atoms with Crippen LogP contribution in [0.1, 0.15) is 30.1 Å². The minimum absolute atomic E-state index is 0.0710. The minimum atomic E-state index is -3.76. The second-order valence-electron chi connectivity index (χ2n) is 5.54. The molecule has 23 heavy (non-hydrogen) atoms. The second kappa shape index (κ2) is 7.10. The van der Waals surface area contributed by atoms with E-state index in [-0.39, 0.29) is 25.4 Å². The first-order valence-electron chi connectivity index (χ1n) is 7.43. The van der Waals surface area contributed by atoms with Crippen molar-refractivity contribution >= 4 is 21.9 Å². The number of amides is 1. The minimum Gasteiger partial charge on any atom is -0.480 e. The van der Waals surface area contributed by atoms with E-state index in [9.17, 15) is 18.0 Å². The zero-order valence-electron chi connectivity index (χ0n) is 12.8. The number of carboxylic acid groups (broad SMARTS) is 1. The molecule has 1 unspecified atom stereocenters. The lowest BCUT2D eigenvalue weighted by Gasteiger charge is -2.39. The first-order chi connectivity index (χ1) is 10.8. The van der Waals surface area contributed by atoms with Crippen LogP contribution in [-0.2, 0) is 14.8 Å². The number of sulfonamides is 1. The van der Waals surface area contributed by atoms with E-state index in [1.807, 2.05) is 0 Å². The Morgan fingerprint density at radius 3 is 2.43 bits per heavy atom. The fraction of sp³-hybridized carbons (Fsp3) is 0.467. The number of benzene rings is 1. The Labute approximate surface area is 135 Å². The third-order valence-corrected chi connectivity index (χ3v) is 5.57. The van der Waals surface area contributed by atoms with Gasteiger partial charge in [-0.25, -0.2) is 13.1 Å². The molecule has 1 fully saturated rings. The SMILES string of the molecule is CCCC(NS(=O)(=O)C1CN(C(=O)c2ccccc2)C1)C(=O)O. The van der Waals surface area contributed by atoms with Gasteiger partial charge in [-0.1, -0.05) is 31.5 Å². The molecule has 0 spiro atoms. The van der Waals surface area contributed by atoms with E-state index in [1.54, 1.807) is 37.3 Å². The average Bonchev–Trinajstić information content (AvgIpc) is 2.45. The molecule has 126 valence electrons. The van der Waals surface area contributed by atoms with Crippen LogP contribution in [-0.4, -0.2) is 54.7 Å². The molecule has 1 aliphatic rings. The van der Waals surface area contributed by atoms with Crippen LogP contribution in [0.4, 0.5) is 0 Å². The molecule has 0 bridgehead atoms. The number of likely N-dealkylation sites (tertiary alicyclic amines) is 1. The number of carbonyl (C=O) groups excluding carboxylic acids is 1. The summed E-state index contributed by atoms with van der Waals surface area (Å²) < 4.78 is 26.6. The highest BCUT2D eigenvalue weighted by molar-refractivity contribution is 7.90. The van der Waals surface area contributed by atoms with Gasteiger partial charge in [-0.3, -0.25) is 9.59 Å². The predicted molar refractivity (Wildman–Crippen MR) is 84.5 cm³/mol. The van der Waals surface area contributed by atoms with Crippen LogP contribution in [0.3, 0.4) is 0 Å². The smallest absolute Gasteiger partial charge is 0.321 e. The van der Waals surface area contributed by atoms with E-state index >= 15 is 0 Å². The molecule has 8 heteroatoms. The fourth-order valence-corrected chi connectivity index (χ4v) is 3.94. The van der Waals surface area contributed by atoms with Crippen molar-refractivity contribution in [1.82, 2.24) is 9.62 Å². The van der Waals surface area contributed by atoms with Crippen molar-refractivity contribution in [3.05, 3.63) is 35.9 Å². The molecule has 1 aromatic rings. The largest absolute Gasteiger partial charge is 0.480 e. The number of hydrogen-bond acceptors (Lipinski definition) is 4. The van der Waals surface area contributed by atoms with Gasteiger partial charge in [-0.05, 0) is 18.6 Å². The summed E-state index contributed by atoms with van der Waals surface area (Å²) in [5, 5.41) is 8.27. The van der Waals surface area contributed by atoms with Crippen LogP contribution in [0.2, 0.25) is 0 Å². The maximum atomic E-state index is 12.2. The summed E-state index contributed by atoms with van der Waals surface area (Å²) in [6.45, 7) is 1.93. The lowest BCUT2D eigenvalue weighted by atomic mass is 10.1. The molecule has 1 atom stereocenters. The number of hydrogen-bond donors (Lipinski definition) is 2. The van der Waals surface area contributed by atoms with Crippen molar-refractivity contribution in [2.75, 3.05) is 13.1 Å². The Bertz CT molecular complexity index is 668. The molecule has 7 nitrogen and oxygen atoms in total. The van der Waals surface area contributed by atoms with E-state index < -0.39 is 27.3 Å². The van der Waals surface area contributed by atoms with Crippen molar-refractivity contribution in [2.45, 2.75) is 31.1 Å². The Balaban J connectivity index is 1.95. The van der Waals surface area contributed by atoms with Gasteiger partial charge < -0.3 is 10.0 Å². The molecule has 1 saturated heterocycles. The fourth-order valence-electron chi connectivity index (χ4n) is 2.38. The number of carboxylic acids is 1. The van der Waals surface area contributed by atoms with Gasteiger partial charge in [0.25, 0.3) is 5.91 Å². The van der Waals surface area contributed by atoms with Crippen molar-refractivity contribution in [1.29, 1.82) is 0 Å². The maximum absolute atomic E-state index is 12.2. The molecule has 1 aromatic carbocycles. The van der Waals surface area contributed by atoms with E-state index in [4.69, 9.17) is 5.11 Å². The highest BCUT2D eigenvalue weighted by atomic mass is 32.2. The van der Waals surface area contributed by atoms with Crippen molar-refractivity contribution in [2.24, 2.45) is 0 Å². The van der Waals surface area contributed by atoms with Gasteiger partial charge in [0.2, 0.25) is 10.0 Å². The van der Waals surface area contributed by atoms with Crippen molar-refractivity contribution in [3.63, 3.8) is 0 Å². The molecule has 0 saturated carbocycles. The molecular formula is C15H20N2O5S. The van der Waals surface area contributed by atoms with Crippen LogP contribution in [0.5, 0.6) is 0 Å². The number of nitrogens with one attached hydrogen (secondary N) is 1. The summed E-state index contributed by atoms with van der Waals surface area (Å²) in [7, 11) is -3.76. The molecule has 2 N–H and O–H groups in total. The highest BCUT2D eigenvalue weighted by Gasteiger charge is 2.41. The summed E-state index contributed by atoms with van der Waals surface area (Å²) >= 11 is 0. The third-order valence-electron chi connectivity index (χ3n) is 3.78. The monoisotopic (exact) mass is 340 g/mol. The molecule has 1 aliphatic heterocycles. The van der Waals surface area contributed by atoms with Gasteiger partial charge in [0.05, 0.1) is 0 Å². The highest BCUT2D eigenvalue weighted by Crippen LogP contribution is 2.19. The van der Waals surface area contributed by atoms with Crippen molar-refractivity contribution < 1.29 is 23.1 Å². The first-order valence-corrected chi connectivity index (χ1v) is 8.98. The van der Waals surface area contributed by atoms with Crippen molar-refractivity contribution in [3.8, 4) is 0 Å². The molecule has 2 rings (SSSR count). The van der Waals surface area contributed by atoms with Gasteiger partial charge >= 0.3 is 5.97 Å². The zero-order chi connectivity index (χ0) is 17.0. The number of rotatable bonds is 7. The molecule has 1 amide bonds. The maximum Gasteiger partial charge on any atom is 0.321 e. The summed E-state index contributed by atoms with van der Waals surface area (Å²) in [4.78, 5) is 24.7. The van der Waals surface area contributed by atoms with Crippen LogP contribution in [0, 0.1) is 0 Å². The van der Waals surface area contributed by atoms with Gasteiger partial charge in [-0.15, -0.1) is 0 Å². The number of aliphatic carboxylic acids is 1. The summed E-state index contributed by atoms with van der Waals surface area (Å²) in [6, 6.07) is 7.50. The van der Waals surface area contributed by atoms with E-state index in [1.165, 1.54) is 4.90 Å². The lowest BCUT2D eigenvalue weighted by molar-refractivity contribution is -0.139. The van der Waals surface area contributed by atoms with Crippen LogP contribution >= 0.6 is 0 Å². The summed E-state index contributed by atoms with van der Waals surface area (Å²) in [5.41, 5.74) is 0.505. The van der Waals surface area contributed by atoms with Crippen LogP contribution in [0.15, 0.2) is 30.3 Å². The van der Waals surface area contributed by atoms with Gasteiger partial charge in [0.1, 0.15) is 11.3 Å². The van der Waals surface area contributed by atoms with Gasteiger partial charge in [0.15, 0.2) is 0 Å². The standard InChI is InChI=1S/C15H20N2O5S/c1-2-6-13(15(19)20)16-23(21,22)12-9-17(10-12)14(18)11-7-4-3-5-8-11/h3-5,7-8,12-13,16H,2,6,9-10H2,1H3,(H,19,20). The Kier molecular flexibility index (Phi) is 5.38. The molecular weight excluding hydrogens is 320 g/mol. The molecule has 0 aromatic heterocycles. The summed E-state index contributed by atoms with van der Waals surface area (Å²) in [5.74, 6) is -1.41. The Morgan fingerprint density at radius 1 is 1.30 bits per heavy atom. The van der Waals surface area contributed by atoms with Gasteiger partial charge in [0, 0.05) is 18.7 Å². The molecule has 0 radical (unpaired) electrons. The molecule has 0 aliphatic carbocycles. The zero-order valence-corrected chi connectivity index (χ0v) is 13.6. The van der Waals surface area contributed by atoms with E-state index in [0.717, 1.165) is 0 Å². The third kappa shape index (κ3) is 4.08. The quantitative estimate of drug-likeness (QED) is 0.760. The second-order valence-corrected chi connectivity index (χ2v) is 7.53. The Hall–Kier alpha value is -1.93. The van der Waals surface area contributed by atoms with Crippen LogP contribution in [0.25, 0.3) is 0 Å². The van der Waals surface area contributed by atoms with E-state index in [2.05, 4.69) is 4.72 Å². The van der Waals surface area contributed by atoms with Gasteiger partial charge in [-0.2, -0.15) is 0 Å². The topological polar surface area (TPSA) is 104 Å². The lowest BCUT2D eigenvalue weighted by Crippen LogP contribution is -2.60.